The molecule has 0 spiro atoms. The van der Waals surface area contributed by atoms with Crippen LogP contribution in [0.2, 0.25) is 0 Å². The van der Waals surface area contributed by atoms with Crippen molar-refractivity contribution >= 4 is 23.5 Å². The van der Waals surface area contributed by atoms with Crippen molar-refractivity contribution in [3.05, 3.63) is 10.7 Å². The summed E-state index contributed by atoms with van der Waals surface area (Å²) in [5.41, 5.74) is -2.12. The number of esters is 1. The first-order valence-corrected chi connectivity index (χ1v) is 8.00. The fourth-order valence-corrected chi connectivity index (χ4v) is 3.62. The number of ether oxygens (including phenoxy) is 1. The number of ketones is 1. The van der Waals surface area contributed by atoms with E-state index in [1.807, 2.05) is 20.8 Å². The zero-order valence-corrected chi connectivity index (χ0v) is 14.2. The second kappa shape index (κ2) is 7.23. The third-order valence-electron chi connectivity index (χ3n) is 3.94. The first kappa shape index (κ1) is 20.0. The van der Waals surface area contributed by atoms with Gasteiger partial charge in [-0.2, -0.15) is 17.6 Å². The molecule has 0 heterocycles. The molecular weight excluding hydrogens is 336 g/mol. The van der Waals surface area contributed by atoms with E-state index in [9.17, 15) is 27.2 Å². The maximum Gasteiger partial charge on any atom is 0.426 e. The van der Waals surface area contributed by atoms with Crippen molar-refractivity contribution in [2.45, 2.75) is 51.5 Å². The van der Waals surface area contributed by atoms with E-state index in [4.69, 9.17) is 0 Å². The van der Waals surface area contributed by atoms with Crippen LogP contribution >= 0.6 is 11.8 Å². The molecule has 0 aromatic heterocycles. The van der Waals surface area contributed by atoms with Gasteiger partial charge in [-0.25, -0.2) is 4.79 Å². The van der Waals surface area contributed by atoms with Crippen LogP contribution in [0.3, 0.4) is 0 Å². The first-order valence-electron chi connectivity index (χ1n) is 7.12. The predicted octanol–water partition coefficient (Wildman–Crippen LogP) is 4.42. The van der Waals surface area contributed by atoms with Gasteiger partial charge in [-0.05, 0) is 24.2 Å². The van der Waals surface area contributed by atoms with E-state index < -0.39 is 28.1 Å². The summed E-state index contributed by atoms with van der Waals surface area (Å²) in [4.78, 5) is 23.1. The summed E-state index contributed by atoms with van der Waals surface area (Å²) < 4.78 is 56.5. The highest BCUT2D eigenvalue weighted by Crippen LogP contribution is 2.44. The fourth-order valence-electron chi connectivity index (χ4n) is 2.48. The van der Waals surface area contributed by atoms with E-state index in [-0.39, 0.29) is 41.7 Å². The van der Waals surface area contributed by atoms with Gasteiger partial charge in [-0.1, -0.05) is 32.5 Å². The highest BCUT2D eigenvalue weighted by Gasteiger charge is 2.45. The number of carbonyl (C=O) groups excluding carboxylic acids is 2. The Balaban J connectivity index is 3.04. The zero-order valence-electron chi connectivity index (χ0n) is 13.4. The highest BCUT2D eigenvalue weighted by atomic mass is 32.2. The van der Waals surface area contributed by atoms with Gasteiger partial charge < -0.3 is 4.74 Å². The first-order chi connectivity index (χ1) is 10.4. The van der Waals surface area contributed by atoms with Gasteiger partial charge in [0.2, 0.25) is 0 Å². The normalized spacial score (nSPS) is 24.3. The van der Waals surface area contributed by atoms with Gasteiger partial charge in [-0.15, -0.1) is 0 Å². The Bertz CT molecular complexity index is 506. The summed E-state index contributed by atoms with van der Waals surface area (Å²) >= 11 is 0.170. The maximum absolute atomic E-state index is 14.1. The molecule has 132 valence electrons. The minimum atomic E-state index is -5.18. The van der Waals surface area contributed by atoms with Crippen LogP contribution in [0.5, 0.6) is 0 Å². The van der Waals surface area contributed by atoms with Crippen LogP contribution in [0.25, 0.3) is 0 Å². The van der Waals surface area contributed by atoms with Gasteiger partial charge in [0.25, 0.3) is 0 Å². The molecule has 0 aromatic rings. The average Bonchev–Trinajstić information content (AvgIpc) is 2.38. The van der Waals surface area contributed by atoms with Crippen molar-refractivity contribution < 1.29 is 31.9 Å². The molecule has 2 atom stereocenters. The van der Waals surface area contributed by atoms with Gasteiger partial charge in [0.1, 0.15) is 5.78 Å². The predicted molar refractivity (Wildman–Crippen MR) is 79.4 cm³/mol. The number of hydrogen-bond acceptors (Lipinski definition) is 4. The monoisotopic (exact) mass is 356 g/mol. The molecule has 1 aliphatic rings. The minimum Gasteiger partial charge on any atom is -0.465 e. The summed E-state index contributed by atoms with van der Waals surface area (Å²) in [6, 6.07) is 0. The Morgan fingerprint density at radius 2 is 1.83 bits per heavy atom. The molecule has 0 unspecified atom stereocenters. The molecule has 0 aromatic carbocycles. The van der Waals surface area contributed by atoms with E-state index in [1.165, 1.54) is 0 Å². The second-order valence-corrected chi connectivity index (χ2v) is 7.71. The lowest BCUT2D eigenvalue weighted by Crippen LogP contribution is -2.34. The fraction of sp³-hybridized carbons (Fsp3) is 0.733. The van der Waals surface area contributed by atoms with Crippen LogP contribution < -0.4 is 0 Å². The van der Waals surface area contributed by atoms with Crippen molar-refractivity contribution in [1.29, 1.82) is 0 Å². The van der Waals surface area contributed by atoms with Crippen LogP contribution in [0, 0.1) is 11.3 Å². The Morgan fingerprint density at radius 3 is 2.26 bits per heavy atom. The molecule has 0 bridgehead atoms. The Kier molecular flexibility index (Phi) is 6.29. The minimum absolute atomic E-state index is 0.0953. The molecule has 0 amide bonds. The van der Waals surface area contributed by atoms with Crippen molar-refractivity contribution in [2.75, 3.05) is 7.11 Å². The van der Waals surface area contributed by atoms with E-state index >= 15 is 0 Å². The van der Waals surface area contributed by atoms with Crippen LogP contribution in [-0.2, 0) is 14.3 Å². The number of Topliss-reactive ketones (excluding diaryl/α,β-unsaturated/α-hetero) is 1. The summed E-state index contributed by atoms with van der Waals surface area (Å²) in [6.45, 7) is 5.91. The maximum atomic E-state index is 14.1. The van der Waals surface area contributed by atoms with Crippen LogP contribution in [0.1, 0.15) is 40.0 Å². The molecule has 0 aliphatic heterocycles. The average molecular weight is 356 g/mol. The third-order valence-corrected chi connectivity index (χ3v) is 5.09. The van der Waals surface area contributed by atoms with Crippen molar-refractivity contribution in [1.82, 2.24) is 0 Å². The van der Waals surface area contributed by atoms with Crippen molar-refractivity contribution in [3.8, 4) is 0 Å². The number of rotatable bonds is 3. The number of thioether (sulfide) groups is 1. The highest BCUT2D eigenvalue weighted by molar-refractivity contribution is 8.04. The number of alkyl halides is 3. The smallest absolute Gasteiger partial charge is 0.426 e. The van der Waals surface area contributed by atoms with E-state index in [0.717, 1.165) is 7.11 Å². The van der Waals surface area contributed by atoms with Crippen LogP contribution in [0.15, 0.2) is 10.7 Å². The number of methoxy groups -OCH3 is 1. The molecule has 0 saturated heterocycles. The van der Waals surface area contributed by atoms with Crippen LogP contribution in [0.4, 0.5) is 17.6 Å². The van der Waals surface area contributed by atoms with E-state index in [2.05, 4.69) is 4.74 Å². The summed E-state index contributed by atoms with van der Waals surface area (Å²) in [7, 11) is 0.743. The Hall–Kier alpha value is -1.05. The summed E-state index contributed by atoms with van der Waals surface area (Å²) in [5.74, 6) is -1.99. The van der Waals surface area contributed by atoms with E-state index in [1.54, 1.807) is 0 Å². The Morgan fingerprint density at radius 1 is 1.26 bits per heavy atom. The molecule has 3 nitrogen and oxygen atoms in total. The second-order valence-electron chi connectivity index (χ2n) is 6.55. The van der Waals surface area contributed by atoms with Gasteiger partial charge >= 0.3 is 12.1 Å². The molecule has 0 radical (unpaired) electrons. The summed E-state index contributed by atoms with van der Waals surface area (Å²) in [6.07, 6.45) is -4.06. The molecule has 8 heteroatoms. The van der Waals surface area contributed by atoms with Gasteiger partial charge in [0.05, 0.1) is 12.4 Å². The lowest BCUT2D eigenvalue weighted by molar-refractivity contribution is -0.148. The molecule has 1 saturated carbocycles. The quantitative estimate of drug-likeness (QED) is 0.427. The van der Waals surface area contributed by atoms with E-state index in [0.29, 0.717) is 6.42 Å². The molecule has 1 rings (SSSR count). The molecular formula is C15H20F4O3S. The molecule has 1 fully saturated rings. The lowest BCUT2D eigenvalue weighted by Gasteiger charge is -2.36. The zero-order chi connectivity index (χ0) is 18.0. The van der Waals surface area contributed by atoms with Gasteiger partial charge in [0, 0.05) is 6.42 Å². The van der Waals surface area contributed by atoms with Crippen LogP contribution in [-0.4, -0.2) is 30.3 Å². The Labute approximate surface area is 136 Å². The number of carbonyl (C=O) groups is 2. The summed E-state index contributed by atoms with van der Waals surface area (Å²) in [5, 5.41) is -2.63. The molecule has 23 heavy (non-hydrogen) atoms. The molecule has 1 aliphatic carbocycles. The lowest BCUT2D eigenvalue weighted by atomic mass is 9.72. The molecule has 0 N–H and O–H groups in total. The van der Waals surface area contributed by atoms with Crippen molar-refractivity contribution in [3.63, 3.8) is 0 Å². The van der Waals surface area contributed by atoms with Gasteiger partial charge in [-0.3, -0.25) is 4.79 Å². The third kappa shape index (κ3) is 5.22. The SMILES string of the molecule is COC(=O)/C(=C(/F)S[C@H]1C[C@@H](C(C)(C)C)CCC1=O)C(F)(F)F. The standard InChI is InChI=1S/C15H20F4O3S/c1-14(2,3)8-5-6-9(20)10(7-8)23-12(16)11(13(21)22-4)15(17,18)19/h8,10H,5-7H2,1-4H3/b12-11+/t8-,10-/m0/s1. The van der Waals surface area contributed by atoms with Crippen molar-refractivity contribution in [2.24, 2.45) is 11.3 Å². The number of hydrogen-bond donors (Lipinski definition) is 0. The topological polar surface area (TPSA) is 43.4 Å². The van der Waals surface area contributed by atoms with Gasteiger partial charge in [0.15, 0.2) is 10.7 Å². The largest absolute Gasteiger partial charge is 0.465 e. The number of halogens is 4.